The van der Waals surface area contributed by atoms with Crippen LogP contribution in [0, 0.1) is 0 Å². The summed E-state index contributed by atoms with van der Waals surface area (Å²) in [6.07, 6.45) is 0.321. The van der Waals surface area contributed by atoms with Gasteiger partial charge in [-0.15, -0.1) is 11.8 Å². The number of thioether (sulfide) groups is 1. The van der Waals surface area contributed by atoms with Crippen LogP contribution in [0.1, 0.15) is 22.8 Å². The number of fused-ring (bicyclic) bond motifs is 2. The van der Waals surface area contributed by atoms with Crippen molar-refractivity contribution in [2.45, 2.75) is 23.8 Å². The van der Waals surface area contributed by atoms with Gasteiger partial charge in [-0.2, -0.15) is 0 Å². The summed E-state index contributed by atoms with van der Waals surface area (Å²) in [5, 5.41) is 8.22. The van der Waals surface area contributed by atoms with Gasteiger partial charge in [-0.25, -0.2) is 0 Å². The third kappa shape index (κ3) is 2.06. The Kier molecular flexibility index (Phi) is 2.89. The molecule has 0 fully saturated rings. The normalized spacial score (nSPS) is 24.8. The van der Waals surface area contributed by atoms with Crippen molar-refractivity contribution < 1.29 is 24.2 Å². The van der Waals surface area contributed by atoms with Crippen LogP contribution < -0.4 is 9.47 Å². The number of Topliss-reactive ketones (excluding diaryl/α,β-unsaturated/α-hetero) is 1. The Morgan fingerprint density at radius 1 is 1.37 bits per heavy atom. The Hall–Kier alpha value is -1.69. The van der Waals surface area contributed by atoms with Crippen molar-refractivity contribution >= 4 is 23.5 Å². The van der Waals surface area contributed by atoms with E-state index in [0.29, 0.717) is 23.5 Å². The molecule has 0 aromatic heterocycles. The Balaban J connectivity index is 2.09. The Bertz CT molecular complexity index is 568. The van der Waals surface area contributed by atoms with Gasteiger partial charge in [0.1, 0.15) is 5.25 Å². The Morgan fingerprint density at radius 2 is 2.05 bits per heavy atom. The molecular formula is C13H12O5S. The highest BCUT2D eigenvalue weighted by Crippen LogP contribution is 2.39. The zero-order chi connectivity index (χ0) is 13.6. The number of benzene rings is 1. The highest BCUT2D eigenvalue weighted by atomic mass is 32.2. The first-order valence-corrected chi connectivity index (χ1v) is 6.85. The van der Waals surface area contributed by atoms with Gasteiger partial charge in [0.05, 0.1) is 5.25 Å². The molecule has 0 aliphatic carbocycles. The zero-order valence-corrected chi connectivity index (χ0v) is 11.0. The molecule has 2 atom stereocenters. The number of carboxylic acid groups (broad SMARTS) is 1. The summed E-state index contributed by atoms with van der Waals surface area (Å²) in [5.41, 5.74) is 1.27. The molecule has 3 rings (SSSR count). The van der Waals surface area contributed by atoms with Crippen LogP contribution >= 0.6 is 11.8 Å². The predicted octanol–water partition coefficient (Wildman–Crippen LogP) is 1.73. The van der Waals surface area contributed by atoms with Crippen LogP contribution in [-0.2, 0) is 11.2 Å². The van der Waals surface area contributed by atoms with Gasteiger partial charge in [0.25, 0.3) is 0 Å². The number of carboxylic acids is 1. The SMILES string of the molecule is C[C@H]1S[C@H](C(=O)O)Cc2cc3c(cc2C1=O)OCO3. The highest BCUT2D eigenvalue weighted by Gasteiger charge is 2.33. The molecule has 19 heavy (non-hydrogen) atoms. The fourth-order valence-electron chi connectivity index (χ4n) is 2.30. The smallest absolute Gasteiger partial charge is 0.316 e. The number of ether oxygens (including phenoxy) is 2. The molecule has 2 heterocycles. The lowest BCUT2D eigenvalue weighted by atomic mass is 9.97. The molecule has 6 heteroatoms. The molecule has 1 N–H and O–H groups in total. The van der Waals surface area contributed by atoms with Gasteiger partial charge in [0, 0.05) is 5.56 Å². The van der Waals surface area contributed by atoms with E-state index in [2.05, 4.69) is 0 Å². The van der Waals surface area contributed by atoms with Crippen LogP contribution in [0.4, 0.5) is 0 Å². The molecule has 2 aliphatic heterocycles. The molecule has 0 saturated carbocycles. The van der Waals surface area contributed by atoms with E-state index >= 15 is 0 Å². The Morgan fingerprint density at radius 3 is 2.74 bits per heavy atom. The molecule has 0 bridgehead atoms. The first kappa shape index (κ1) is 12.3. The summed E-state index contributed by atoms with van der Waals surface area (Å²) in [7, 11) is 0. The summed E-state index contributed by atoms with van der Waals surface area (Å²) in [5.74, 6) is 0.186. The monoisotopic (exact) mass is 280 g/mol. The average Bonchev–Trinajstić information content (AvgIpc) is 2.78. The van der Waals surface area contributed by atoms with Crippen molar-refractivity contribution in [3.63, 3.8) is 0 Å². The molecule has 100 valence electrons. The van der Waals surface area contributed by atoms with Crippen molar-refractivity contribution in [1.82, 2.24) is 0 Å². The quantitative estimate of drug-likeness (QED) is 0.844. The number of hydrogen-bond donors (Lipinski definition) is 1. The fourth-order valence-corrected chi connectivity index (χ4v) is 3.44. The second-order valence-electron chi connectivity index (χ2n) is 4.54. The lowest BCUT2D eigenvalue weighted by Gasteiger charge is -2.10. The van der Waals surface area contributed by atoms with Gasteiger partial charge in [0.15, 0.2) is 17.3 Å². The van der Waals surface area contributed by atoms with E-state index in [1.807, 2.05) is 0 Å². The summed E-state index contributed by atoms with van der Waals surface area (Å²) in [4.78, 5) is 23.5. The maximum absolute atomic E-state index is 12.3. The Labute approximate surface area is 113 Å². The number of ketones is 1. The standard InChI is InChI=1S/C13H12O5S/c1-6-12(14)8-4-10-9(17-5-18-10)2-7(8)3-11(19-6)13(15)16/h2,4,6,11H,3,5H2,1H3,(H,15,16)/t6-,11+/m1/s1. The predicted molar refractivity (Wildman–Crippen MR) is 69.1 cm³/mol. The molecule has 0 amide bonds. The van der Waals surface area contributed by atoms with Gasteiger partial charge in [-0.3, -0.25) is 9.59 Å². The lowest BCUT2D eigenvalue weighted by molar-refractivity contribution is -0.136. The van der Waals surface area contributed by atoms with E-state index in [-0.39, 0.29) is 17.8 Å². The fraction of sp³-hybridized carbons (Fsp3) is 0.385. The van der Waals surface area contributed by atoms with Crippen molar-refractivity contribution in [3.8, 4) is 11.5 Å². The third-order valence-electron chi connectivity index (χ3n) is 3.28. The van der Waals surface area contributed by atoms with Gasteiger partial charge < -0.3 is 14.6 Å². The summed E-state index contributed by atoms with van der Waals surface area (Å²) < 4.78 is 10.5. The second-order valence-corrected chi connectivity index (χ2v) is 6.08. The second kappa shape index (κ2) is 4.45. The van der Waals surface area contributed by atoms with E-state index < -0.39 is 11.2 Å². The van der Waals surface area contributed by atoms with E-state index in [4.69, 9.17) is 9.47 Å². The van der Waals surface area contributed by atoms with Gasteiger partial charge in [0.2, 0.25) is 6.79 Å². The van der Waals surface area contributed by atoms with Crippen LogP contribution in [0.15, 0.2) is 12.1 Å². The minimum Gasteiger partial charge on any atom is -0.480 e. The average molecular weight is 280 g/mol. The first-order chi connectivity index (χ1) is 9.06. The summed E-state index contributed by atoms with van der Waals surface area (Å²) >= 11 is 1.19. The third-order valence-corrected chi connectivity index (χ3v) is 4.60. The van der Waals surface area contributed by atoms with Crippen LogP contribution in [-0.4, -0.2) is 34.2 Å². The van der Waals surface area contributed by atoms with Crippen LogP contribution in [0.25, 0.3) is 0 Å². The number of hydrogen-bond acceptors (Lipinski definition) is 5. The van der Waals surface area contributed by atoms with Gasteiger partial charge in [-0.05, 0) is 31.0 Å². The molecule has 1 aromatic rings. The minimum absolute atomic E-state index is 0.0537. The molecule has 0 unspecified atom stereocenters. The molecule has 0 radical (unpaired) electrons. The van der Waals surface area contributed by atoms with Crippen molar-refractivity contribution in [2.75, 3.05) is 6.79 Å². The molecule has 1 aromatic carbocycles. The topological polar surface area (TPSA) is 72.8 Å². The number of carbonyl (C=O) groups is 2. The van der Waals surface area contributed by atoms with Crippen molar-refractivity contribution in [1.29, 1.82) is 0 Å². The van der Waals surface area contributed by atoms with E-state index in [9.17, 15) is 14.7 Å². The van der Waals surface area contributed by atoms with Crippen molar-refractivity contribution in [3.05, 3.63) is 23.3 Å². The summed E-state index contributed by atoms with van der Waals surface area (Å²) in [6.45, 7) is 1.88. The maximum Gasteiger partial charge on any atom is 0.316 e. The van der Waals surface area contributed by atoms with Gasteiger partial charge in [-0.1, -0.05) is 0 Å². The zero-order valence-electron chi connectivity index (χ0n) is 10.2. The minimum atomic E-state index is -0.893. The molecule has 0 spiro atoms. The molecular weight excluding hydrogens is 268 g/mol. The number of carbonyl (C=O) groups excluding carboxylic acids is 1. The molecule has 0 saturated heterocycles. The maximum atomic E-state index is 12.3. The van der Waals surface area contributed by atoms with Crippen LogP contribution in [0.3, 0.4) is 0 Å². The van der Waals surface area contributed by atoms with Crippen LogP contribution in [0.5, 0.6) is 11.5 Å². The van der Waals surface area contributed by atoms with Crippen LogP contribution in [0.2, 0.25) is 0 Å². The molecule has 5 nitrogen and oxygen atoms in total. The van der Waals surface area contributed by atoms with Gasteiger partial charge >= 0.3 is 5.97 Å². The van der Waals surface area contributed by atoms with E-state index in [1.54, 1.807) is 19.1 Å². The summed E-state index contributed by atoms with van der Waals surface area (Å²) in [6, 6.07) is 3.39. The largest absolute Gasteiger partial charge is 0.480 e. The number of rotatable bonds is 1. The first-order valence-electron chi connectivity index (χ1n) is 5.91. The lowest BCUT2D eigenvalue weighted by Crippen LogP contribution is -2.21. The molecule has 2 aliphatic rings. The number of aliphatic carboxylic acids is 1. The van der Waals surface area contributed by atoms with E-state index in [1.165, 1.54) is 11.8 Å². The van der Waals surface area contributed by atoms with Crippen molar-refractivity contribution in [2.24, 2.45) is 0 Å². The highest BCUT2D eigenvalue weighted by molar-refractivity contribution is 8.01. The van der Waals surface area contributed by atoms with E-state index in [0.717, 1.165) is 5.56 Å².